The number of piperazine rings is 1. The largest absolute Gasteiger partial charge is 0.444 e. The quantitative estimate of drug-likeness (QED) is 0.462. The van der Waals surface area contributed by atoms with E-state index in [4.69, 9.17) is 4.74 Å². The first-order valence-corrected chi connectivity index (χ1v) is 8.83. The number of alkyl carbamates (subject to hydrolysis) is 1. The second kappa shape index (κ2) is 9.21. The van der Waals surface area contributed by atoms with Crippen molar-refractivity contribution < 1.29 is 9.53 Å². The number of carbonyl (C=O) groups is 1. The molecule has 2 heterocycles. The maximum absolute atomic E-state index is 11.6. The van der Waals surface area contributed by atoms with Gasteiger partial charge in [-0.25, -0.2) is 14.8 Å². The lowest BCUT2D eigenvalue weighted by atomic mass is 10.2. The number of carbonyl (C=O) groups excluding carboxylic acids is 1. The van der Waals surface area contributed by atoms with E-state index in [9.17, 15) is 4.79 Å². The van der Waals surface area contributed by atoms with E-state index in [2.05, 4.69) is 35.4 Å². The zero-order chi connectivity index (χ0) is 19.0. The average molecular weight is 363 g/mol. The zero-order valence-corrected chi connectivity index (χ0v) is 16.0. The normalized spacial score (nSPS) is 15.6. The van der Waals surface area contributed by atoms with Gasteiger partial charge >= 0.3 is 6.09 Å². The first-order chi connectivity index (χ1) is 12.4. The third kappa shape index (κ3) is 6.38. The summed E-state index contributed by atoms with van der Waals surface area (Å²) < 4.78 is 5.21. The van der Waals surface area contributed by atoms with Crippen molar-refractivity contribution >= 4 is 18.0 Å². The molecule has 26 heavy (non-hydrogen) atoms. The predicted octanol–water partition coefficient (Wildman–Crippen LogP) is 0.699. The minimum atomic E-state index is -0.490. The fourth-order valence-corrected chi connectivity index (χ4v) is 2.56. The molecule has 1 aliphatic heterocycles. The highest BCUT2D eigenvalue weighted by molar-refractivity contribution is 5.80. The van der Waals surface area contributed by atoms with Crippen molar-refractivity contribution in [3.8, 4) is 0 Å². The number of rotatable bonds is 4. The summed E-state index contributed by atoms with van der Waals surface area (Å²) in [5, 5.41) is 6.00. The van der Waals surface area contributed by atoms with E-state index in [1.807, 2.05) is 26.8 Å². The third-order valence-corrected chi connectivity index (χ3v) is 3.70. The Morgan fingerprint density at radius 2 is 1.77 bits per heavy atom. The Balaban J connectivity index is 1.70. The number of aliphatic imine (C=N–C) groups is 1. The molecule has 1 amide bonds. The van der Waals surface area contributed by atoms with Gasteiger partial charge in [-0.15, -0.1) is 0 Å². The number of guanidine groups is 1. The van der Waals surface area contributed by atoms with E-state index in [1.54, 1.807) is 19.4 Å². The molecule has 0 saturated carbocycles. The Labute approximate surface area is 154 Å². The van der Waals surface area contributed by atoms with Crippen LogP contribution in [0.15, 0.2) is 23.5 Å². The molecule has 1 aromatic rings. The fourth-order valence-electron chi connectivity index (χ4n) is 2.56. The number of hydrogen-bond acceptors (Lipinski definition) is 6. The first kappa shape index (κ1) is 19.7. The summed E-state index contributed by atoms with van der Waals surface area (Å²) in [4.78, 5) is 28.9. The van der Waals surface area contributed by atoms with E-state index >= 15 is 0 Å². The molecule has 2 rings (SSSR count). The molecule has 2 N–H and O–H groups in total. The number of amides is 1. The van der Waals surface area contributed by atoms with Gasteiger partial charge in [0.2, 0.25) is 5.95 Å². The highest BCUT2D eigenvalue weighted by Gasteiger charge is 2.21. The summed E-state index contributed by atoms with van der Waals surface area (Å²) in [6.45, 7) is 9.89. The Kier molecular flexibility index (Phi) is 6.99. The van der Waals surface area contributed by atoms with E-state index in [0.29, 0.717) is 13.1 Å². The van der Waals surface area contributed by atoms with Crippen molar-refractivity contribution in [2.45, 2.75) is 26.4 Å². The van der Waals surface area contributed by atoms with Gasteiger partial charge in [0.05, 0.1) is 0 Å². The van der Waals surface area contributed by atoms with Crippen molar-refractivity contribution in [3.63, 3.8) is 0 Å². The average Bonchev–Trinajstić information content (AvgIpc) is 2.61. The summed E-state index contributed by atoms with van der Waals surface area (Å²) in [5.74, 6) is 1.58. The van der Waals surface area contributed by atoms with Gasteiger partial charge < -0.3 is 25.2 Å². The van der Waals surface area contributed by atoms with Crippen molar-refractivity contribution in [1.29, 1.82) is 0 Å². The van der Waals surface area contributed by atoms with Crippen molar-refractivity contribution in [2.24, 2.45) is 4.99 Å². The SMILES string of the molecule is CN=C(NCCNC(=O)OC(C)(C)C)N1CCN(c2ncccn2)CC1. The Morgan fingerprint density at radius 3 is 2.35 bits per heavy atom. The molecule has 1 aromatic heterocycles. The van der Waals surface area contributed by atoms with E-state index in [-0.39, 0.29) is 0 Å². The molecule has 1 saturated heterocycles. The van der Waals surface area contributed by atoms with Crippen LogP contribution in [-0.2, 0) is 4.74 Å². The summed E-state index contributed by atoms with van der Waals surface area (Å²) in [6.07, 6.45) is 3.10. The fraction of sp³-hybridized carbons (Fsp3) is 0.647. The highest BCUT2D eigenvalue weighted by Crippen LogP contribution is 2.09. The first-order valence-electron chi connectivity index (χ1n) is 8.83. The van der Waals surface area contributed by atoms with Crippen LogP contribution in [0.3, 0.4) is 0 Å². The van der Waals surface area contributed by atoms with Crippen LogP contribution in [0.4, 0.5) is 10.7 Å². The molecule has 1 fully saturated rings. The van der Waals surface area contributed by atoms with Gasteiger partial charge in [0.15, 0.2) is 5.96 Å². The van der Waals surface area contributed by atoms with Crippen LogP contribution >= 0.6 is 0 Å². The standard InChI is InChI=1S/C17H29N7O2/c1-17(2,3)26-16(25)22-9-8-21-14(18-4)23-10-12-24(13-11-23)15-19-6-5-7-20-15/h5-7H,8-13H2,1-4H3,(H,18,21)(H,22,25). The maximum atomic E-state index is 11.6. The lowest BCUT2D eigenvalue weighted by molar-refractivity contribution is 0.0529. The lowest BCUT2D eigenvalue weighted by Crippen LogP contribution is -2.53. The molecule has 0 spiro atoms. The molecule has 9 nitrogen and oxygen atoms in total. The van der Waals surface area contributed by atoms with Gasteiger partial charge in [0, 0.05) is 58.7 Å². The Morgan fingerprint density at radius 1 is 1.15 bits per heavy atom. The zero-order valence-electron chi connectivity index (χ0n) is 16.0. The van der Waals surface area contributed by atoms with Crippen molar-refractivity contribution in [1.82, 2.24) is 25.5 Å². The van der Waals surface area contributed by atoms with Gasteiger partial charge in [0.25, 0.3) is 0 Å². The smallest absolute Gasteiger partial charge is 0.407 e. The molecule has 0 bridgehead atoms. The Hall–Kier alpha value is -2.58. The second-order valence-corrected chi connectivity index (χ2v) is 6.93. The second-order valence-electron chi connectivity index (χ2n) is 6.93. The van der Waals surface area contributed by atoms with Crippen LogP contribution in [0.1, 0.15) is 20.8 Å². The number of nitrogens with one attached hydrogen (secondary N) is 2. The highest BCUT2D eigenvalue weighted by atomic mass is 16.6. The molecule has 0 radical (unpaired) electrons. The van der Waals surface area contributed by atoms with Crippen molar-refractivity contribution in [2.75, 3.05) is 51.2 Å². The number of ether oxygens (including phenoxy) is 1. The van der Waals surface area contributed by atoms with Gasteiger partial charge in [-0.3, -0.25) is 4.99 Å². The summed E-state index contributed by atoms with van der Waals surface area (Å²) in [5.41, 5.74) is -0.490. The van der Waals surface area contributed by atoms with Crippen molar-refractivity contribution in [3.05, 3.63) is 18.5 Å². The third-order valence-electron chi connectivity index (χ3n) is 3.70. The van der Waals surface area contributed by atoms with Crippen LogP contribution in [-0.4, -0.2) is 78.8 Å². The number of nitrogens with zero attached hydrogens (tertiary/aromatic N) is 5. The molecule has 0 atom stereocenters. The summed E-state index contributed by atoms with van der Waals surface area (Å²) >= 11 is 0. The van der Waals surface area contributed by atoms with Crippen LogP contribution in [0.2, 0.25) is 0 Å². The summed E-state index contributed by atoms with van der Waals surface area (Å²) in [7, 11) is 1.76. The van der Waals surface area contributed by atoms with Crippen LogP contribution < -0.4 is 15.5 Å². The molecule has 0 unspecified atom stereocenters. The molecule has 144 valence electrons. The molecule has 0 aromatic carbocycles. The van der Waals surface area contributed by atoms with Gasteiger partial charge in [-0.1, -0.05) is 0 Å². The van der Waals surface area contributed by atoms with E-state index in [1.165, 1.54) is 0 Å². The minimum Gasteiger partial charge on any atom is -0.444 e. The van der Waals surface area contributed by atoms with E-state index in [0.717, 1.165) is 38.1 Å². The molecular weight excluding hydrogens is 334 g/mol. The topological polar surface area (TPSA) is 95.0 Å². The monoisotopic (exact) mass is 363 g/mol. The van der Waals surface area contributed by atoms with Gasteiger partial charge in [-0.2, -0.15) is 0 Å². The van der Waals surface area contributed by atoms with Crippen LogP contribution in [0.5, 0.6) is 0 Å². The van der Waals surface area contributed by atoms with Crippen LogP contribution in [0.25, 0.3) is 0 Å². The van der Waals surface area contributed by atoms with Gasteiger partial charge in [-0.05, 0) is 26.8 Å². The Bertz CT molecular complexity index is 593. The molecule has 0 aliphatic carbocycles. The molecular formula is C17H29N7O2. The molecule has 1 aliphatic rings. The molecule has 9 heteroatoms. The van der Waals surface area contributed by atoms with Crippen LogP contribution in [0, 0.1) is 0 Å². The van der Waals surface area contributed by atoms with Gasteiger partial charge in [0.1, 0.15) is 5.60 Å². The number of anilines is 1. The van der Waals surface area contributed by atoms with E-state index < -0.39 is 11.7 Å². The minimum absolute atomic E-state index is 0.411. The predicted molar refractivity (Wildman–Crippen MR) is 101 cm³/mol. The maximum Gasteiger partial charge on any atom is 0.407 e. The number of hydrogen-bond donors (Lipinski definition) is 2. The lowest BCUT2D eigenvalue weighted by Gasteiger charge is -2.36. The summed E-state index contributed by atoms with van der Waals surface area (Å²) in [6, 6.07) is 1.82. The number of aromatic nitrogens is 2.